The van der Waals surface area contributed by atoms with Crippen LogP contribution in [-0.4, -0.2) is 77.2 Å². The van der Waals surface area contributed by atoms with E-state index in [1.165, 1.54) is 12.8 Å². The number of rotatable bonds is 5. The summed E-state index contributed by atoms with van der Waals surface area (Å²) in [7, 11) is 1.90. The van der Waals surface area contributed by atoms with Crippen molar-refractivity contribution in [1.82, 2.24) is 24.2 Å². The first-order chi connectivity index (χ1) is 17.1. The minimum atomic E-state index is -0.336. The van der Waals surface area contributed by atoms with Crippen LogP contribution in [0.15, 0.2) is 41.2 Å². The fourth-order valence-corrected chi connectivity index (χ4v) is 5.43. The molecule has 9 heteroatoms. The molecule has 182 valence electrons. The molecule has 3 aromatic heterocycles. The van der Waals surface area contributed by atoms with Gasteiger partial charge in [0, 0.05) is 33.2 Å². The zero-order valence-electron chi connectivity index (χ0n) is 20.0. The summed E-state index contributed by atoms with van der Waals surface area (Å²) < 4.78 is 9.38. The van der Waals surface area contributed by atoms with E-state index < -0.39 is 0 Å². The number of carbonyl (C=O) groups excluding carboxylic acids is 1. The molecule has 9 nitrogen and oxygen atoms in total. The van der Waals surface area contributed by atoms with Gasteiger partial charge in [0.05, 0.1) is 29.6 Å². The van der Waals surface area contributed by atoms with Gasteiger partial charge in [0.1, 0.15) is 17.0 Å². The summed E-state index contributed by atoms with van der Waals surface area (Å²) in [5.41, 5.74) is 2.86. The molecule has 0 bridgehead atoms. The number of fused-ring (bicyclic) bond motifs is 5. The highest BCUT2D eigenvalue weighted by atomic mass is 16.5. The molecule has 2 saturated heterocycles. The zero-order valence-corrected chi connectivity index (χ0v) is 20.0. The Bertz CT molecular complexity index is 1480. The second kappa shape index (κ2) is 8.98. The Morgan fingerprint density at radius 1 is 1.03 bits per heavy atom. The first-order valence-electron chi connectivity index (χ1n) is 12.4. The van der Waals surface area contributed by atoms with Crippen LogP contribution in [0.1, 0.15) is 23.2 Å². The molecular formula is C26H30N6O3. The van der Waals surface area contributed by atoms with Gasteiger partial charge in [0.25, 0.3) is 5.91 Å². The molecule has 2 fully saturated rings. The molecule has 1 amide bonds. The van der Waals surface area contributed by atoms with E-state index in [0.717, 1.165) is 49.6 Å². The van der Waals surface area contributed by atoms with Crippen molar-refractivity contribution in [3.63, 3.8) is 0 Å². The van der Waals surface area contributed by atoms with Gasteiger partial charge in [0.15, 0.2) is 5.65 Å². The third kappa shape index (κ3) is 3.75. The number of anilines is 1. The number of benzene rings is 1. The maximum Gasteiger partial charge on any atom is 0.259 e. The van der Waals surface area contributed by atoms with Crippen molar-refractivity contribution < 1.29 is 9.53 Å². The van der Waals surface area contributed by atoms with Crippen LogP contribution >= 0.6 is 0 Å². The number of pyridine rings is 2. The molecule has 35 heavy (non-hydrogen) atoms. The van der Waals surface area contributed by atoms with Gasteiger partial charge >= 0.3 is 0 Å². The van der Waals surface area contributed by atoms with Crippen LogP contribution in [0, 0.1) is 0 Å². The maximum absolute atomic E-state index is 13.7. The summed E-state index contributed by atoms with van der Waals surface area (Å²) in [5.74, 6) is 0.474. The van der Waals surface area contributed by atoms with Crippen molar-refractivity contribution in [2.45, 2.75) is 12.8 Å². The number of nitrogens with zero attached hydrogens (tertiary/aromatic N) is 5. The number of amides is 1. The zero-order chi connectivity index (χ0) is 23.9. The number of carbonyl (C=O) groups is 1. The van der Waals surface area contributed by atoms with Crippen LogP contribution in [-0.2, 0) is 11.8 Å². The lowest BCUT2D eigenvalue weighted by atomic mass is 10.1. The van der Waals surface area contributed by atoms with Crippen LogP contribution < -0.4 is 15.6 Å². The minimum Gasteiger partial charge on any atom is -0.378 e. The van der Waals surface area contributed by atoms with Crippen LogP contribution in [0.25, 0.3) is 27.7 Å². The first-order valence-corrected chi connectivity index (χ1v) is 12.4. The van der Waals surface area contributed by atoms with Crippen LogP contribution in [0.2, 0.25) is 0 Å². The summed E-state index contributed by atoms with van der Waals surface area (Å²) in [4.78, 5) is 36.7. The molecule has 0 spiro atoms. The molecule has 2 aliphatic heterocycles. The number of aromatic nitrogens is 3. The molecule has 4 aromatic rings. The van der Waals surface area contributed by atoms with Gasteiger partial charge in [-0.15, -0.1) is 0 Å². The van der Waals surface area contributed by atoms with Crippen molar-refractivity contribution in [1.29, 1.82) is 0 Å². The Balaban J connectivity index is 1.51. The predicted octanol–water partition coefficient (Wildman–Crippen LogP) is 2.00. The van der Waals surface area contributed by atoms with E-state index >= 15 is 0 Å². The average Bonchev–Trinajstić information content (AvgIpc) is 3.51. The Kier molecular flexibility index (Phi) is 5.66. The van der Waals surface area contributed by atoms with Crippen molar-refractivity contribution in [2.75, 3.05) is 57.4 Å². The minimum absolute atomic E-state index is 0.165. The number of imidazole rings is 1. The highest BCUT2D eigenvalue weighted by molar-refractivity contribution is 6.05. The fraction of sp³-hybridized carbons (Fsp3) is 0.423. The van der Waals surface area contributed by atoms with Crippen molar-refractivity contribution in [3.8, 4) is 0 Å². The normalized spacial score (nSPS) is 17.1. The third-order valence-electron chi connectivity index (χ3n) is 7.26. The van der Waals surface area contributed by atoms with Crippen molar-refractivity contribution in [2.24, 2.45) is 7.05 Å². The largest absolute Gasteiger partial charge is 0.378 e. The Morgan fingerprint density at radius 2 is 1.77 bits per heavy atom. The van der Waals surface area contributed by atoms with Crippen molar-refractivity contribution in [3.05, 3.63) is 52.2 Å². The summed E-state index contributed by atoms with van der Waals surface area (Å²) in [6.07, 6.45) is 2.41. The smallest absolute Gasteiger partial charge is 0.259 e. The number of nitrogens with one attached hydrogen (secondary N) is 1. The van der Waals surface area contributed by atoms with Gasteiger partial charge in [0.2, 0.25) is 5.43 Å². The van der Waals surface area contributed by atoms with Gasteiger partial charge in [-0.05, 0) is 50.2 Å². The summed E-state index contributed by atoms with van der Waals surface area (Å²) in [5, 5.41) is 3.45. The van der Waals surface area contributed by atoms with E-state index in [1.54, 1.807) is 0 Å². The number of hydrogen-bond donors (Lipinski definition) is 1. The Labute approximate surface area is 202 Å². The lowest BCUT2D eigenvalue weighted by Crippen LogP contribution is -2.37. The van der Waals surface area contributed by atoms with Gasteiger partial charge in [-0.3, -0.25) is 14.0 Å². The van der Waals surface area contributed by atoms with E-state index in [9.17, 15) is 9.59 Å². The van der Waals surface area contributed by atoms with E-state index in [-0.39, 0.29) is 16.9 Å². The molecule has 1 aromatic carbocycles. The standard InChI is InChI=1S/C26H30N6O3/c1-29-19-6-2-3-7-20(19)32-24-18(8-9-21(28-24)31-14-16-35-17-15-31)23(33)22(26(29)32)25(34)27-10-13-30-11-4-5-12-30/h2-3,6-9H,4-5,10-17H2,1H3,(H,27,34). The topological polar surface area (TPSA) is 84.1 Å². The first kappa shape index (κ1) is 22.1. The quantitative estimate of drug-likeness (QED) is 0.476. The number of hydrogen-bond acceptors (Lipinski definition) is 6. The lowest BCUT2D eigenvalue weighted by molar-refractivity contribution is 0.0950. The molecule has 0 atom stereocenters. The monoisotopic (exact) mass is 474 g/mol. The molecule has 0 saturated carbocycles. The average molecular weight is 475 g/mol. The second-order valence-electron chi connectivity index (χ2n) is 9.36. The third-order valence-corrected chi connectivity index (χ3v) is 7.26. The number of likely N-dealkylation sites (tertiary alicyclic amines) is 1. The van der Waals surface area contributed by atoms with E-state index in [2.05, 4.69) is 15.1 Å². The summed E-state index contributed by atoms with van der Waals surface area (Å²) >= 11 is 0. The van der Waals surface area contributed by atoms with Crippen LogP contribution in [0.4, 0.5) is 5.82 Å². The highest BCUT2D eigenvalue weighted by Gasteiger charge is 2.25. The van der Waals surface area contributed by atoms with Crippen LogP contribution in [0.5, 0.6) is 0 Å². The predicted molar refractivity (Wildman–Crippen MR) is 136 cm³/mol. The molecule has 6 rings (SSSR count). The lowest BCUT2D eigenvalue weighted by Gasteiger charge is -2.28. The van der Waals surface area contributed by atoms with Gasteiger partial charge in [-0.25, -0.2) is 4.98 Å². The van der Waals surface area contributed by atoms with Crippen molar-refractivity contribution >= 4 is 39.4 Å². The summed E-state index contributed by atoms with van der Waals surface area (Å²) in [6.45, 7) is 6.26. The highest BCUT2D eigenvalue weighted by Crippen LogP contribution is 2.27. The number of ether oxygens (including phenoxy) is 1. The number of morpholine rings is 1. The second-order valence-corrected chi connectivity index (χ2v) is 9.36. The molecule has 1 N–H and O–H groups in total. The fourth-order valence-electron chi connectivity index (χ4n) is 5.43. The molecule has 5 heterocycles. The molecular weight excluding hydrogens is 444 g/mol. The van der Waals surface area contributed by atoms with Gasteiger partial charge in [-0.2, -0.15) is 0 Å². The Hall–Kier alpha value is -3.43. The number of para-hydroxylation sites is 2. The van der Waals surface area contributed by atoms with Crippen LogP contribution in [0.3, 0.4) is 0 Å². The van der Waals surface area contributed by atoms with Gasteiger partial charge < -0.3 is 24.4 Å². The molecule has 0 radical (unpaired) electrons. The van der Waals surface area contributed by atoms with E-state index in [1.807, 2.05) is 52.4 Å². The molecule has 0 aliphatic carbocycles. The van der Waals surface area contributed by atoms with E-state index in [4.69, 9.17) is 9.72 Å². The maximum atomic E-state index is 13.7. The van der Waals surface area contributed by atoms with E-state index in [0.29, 0.717) is 36.4 Å². The Morgan fingerprint density at radius 3 is 2.54 bits per heavy atom. The van der Waals surface area contributed by atoms with Gasteiger partial charge in [-0.1, -0.05) is 12.1 Å². The number of aryl methyl sites for hydroxylation is 1. The molecule has 0 unspecified atom stereocenters. The SMILES string of the molecule is Cn1c2ccccc2n2c3nc(N4CCOCC4)ccc3c(=O)c(C(=O)NCCN3CCCC3)c12. The summed E-state index contributed by atoms with van der Waals surface area (Å²) in [6, 6.07) is 11.6. The molecule has 2 aliphatic rings.